The molecular formula is C17H12ClF6N3S. The molecule has 0 bridgehead atoms. The van der Waals surface area contributed by atoms with Gasteiger partial charge in [-0.25, -0.2) is 0 Å². The molecule has 0 atom stereocenters. The molecule has 0 saturated carbocycles. The number of amidine groups is 1. The maximum Gasteiger partial charge on any atom is 0.417 e. The summed E-state index contributed by atoms with van der Waals surface area (Å²) in [6.07, 6.45) is -9.42. The minimum absolute atomic E-state index is 0.0234. The Bertz CT molecular complexity index is 879. The summed E-state index contributed by atoms with van der Waals surface area (Å²) in [5, 5.41) is 6.20. The lowest BCUT2D eigenvalue weighted by molar-refractivity contribution is -0.143. The van der Waals surface area contributed by atoms with Gasteiger partial charge < -0.3 is 5.73 Å². The van der Waals surface area contributed by atoms with Crippen LogP contribution in [-0.2, 0) is 18.1 Å². The van der Waals surface area contributed by atoms with E-state index in [4.69, 9.17) is 17.3 Å². The molecule has 0 heterocycles. The molecule has 0 aromatic heterocycles. The molecule has 28 heavy (non-hydrogen) atoms. The van der Waals surface area contributed by atoms with Crippen molar-refractivity contribution < 1.29 is 26.3 Å². The summed E-state index contributed by atoms with van der Waals surface area (Å²) in [7, 11) is 0. The number of hydrogen-bond donors (Lipinski definition) is 1. The number of nitrogens with zero attached hydrogens (tertiary/aromatic N) is 2. The van der Waals surface area contributed by atoms with Crippen molar-refractivity contribution in [1.82, 2.24) is 0 Å². The summed E-state index contributed by atoms with van der Waals surface area (Å²) >= 11 is 6.72. The molecule has 0 fully saturated rings. The summed E-state index contributed by atoms with van der Waals surface area (Å²) in [4.78, 5) is 0. The third-order valence-corrected chi connectivity index (χ3v) is 4.50. The minimum Gasteiger partial charge on any atom is -0.377 e. The maximum atomic E-state index is 13.1. The molecule has 0 unspecified atom stereocenters. The largest absolute Gasteiger partial charge is 0.417 e. The zero-order valence-corrected chi connectivity index (χ0v) is 15.4. The summed E-state index contributed by atoms with van der Waals surface area (Å²) < 4.78 is 77.7. The van der Waals surface area contributed by atoms with Crippen LogP contribution in [0, 0.1) is 0 Å². The van der Waals surface area contributed by atoms with E-state index < -0.39 is 34.1 Å². The Labute approximate surface area is 165 Å². The fraction of sp³-hybridized carbons (Fsp3) is 0.176. The molecule has 0 aliphatic carbocycles. The number of halogens is 7. The lowest BCUT2D eigenvalue weighted by atomic mass is 10.0. The molecule has 3 nitrogen and oxygen atoms in total. The van der Waals surface area contributed by atoms with Crippen molar-refractivity contribution in [2.75, 3.05) is 0 Å². The molecular weight excluding hydrogens is 428 g/mol. The first-order valence-corrected chi connectivity index (χ1v) is 8.86. The normalized spacial score (nSPS) is 13.3. The van der Waals surface area contributed by atoms with E-state index in [9.17, 15) is 26.3 Å². The molecule has 0 radical (unpaired) electrons. The second-order valence-corrected chi connectivity index (χ2v) is 6.77. The van der Waals surface area contributed by atoms with Gasteiger partial charge in [-0.05, 0) is 17.7 Å². The minimum atomic E-state index is -5.07. The van der Waals surface area contributed by atoms with Crippen LogP contribution in [-0.4, -0.2) is 11.4 Å². The van der Waals surface area contributed by atoms with Crippen LogP contribution in [0.15, 0.2) is 52.7 Å². The highest BCUT2D eigenvalue weighted by atomic mass is 35.5. The van der Waals surface area contributed by atoms with Crippen molar-refractivity contribution >= 4 is 34.7 Å². The van der Waals surface area contributed by atoms with Crippen LogP contribution >= 0.6 is 23.4 Å². The molecule has 0 saturated heterocycles. The Hall–Kier alpha value is -2.20. The summed E-state index contributed by atoms with van der Waals surface area (Å²) in [6.45, 7) is 0. The summed E-state index contributed by atoms with van der Waals surface area (Å²) in [5.41, 5.74) is 2.76. The Kier molecular flexibility index (Phi) is 7.00. The molecule has 2 rings (SSSR count). The van der Waals surface area contributed by atoms with Gasteiger partial charge in [0, 0.05) is 11.3 Å². The zero-order chi connectivity index (χ0) is 20.9. The molecule has 11 heteroatoms. The molecule has 0 aliphatic heterocycles. The Balaban J connectivity index is 2.24. The number of hydrogen-bond acceptors (Lipinski definition) is 3. The van der Waals surface area contributed by atoms with Gasteiger partial charge in [-0.1, -0.05) is 53.7 Å². The van der Waals surface area contributed by atoms with Crippen molar-refractivity contribution in [3.8, 4) is 0 Å². The third kappa shape index (κ3) is 6.16. The molecule has 2 aromatic carbocycles. The van der Waals surface area contributed by atoms with Gasteiger partial charge in [0.25, 0.3) is 0 Å². The Morgan fingerprint density at radius 2 is 1.68 bits per heavy atom. The average Bonchev–Trinajstić information content (AvgIpc) is 2.60. The van der Waals surface area contributed by atoms with E-state index in [0.717, 1.165) is 17.3 Å². The van der Waals surface area contributed by atoms with Gasteiger partial charge in [0.05, 0.1) is 22.4 Å². The van der Waals surface area contributed by atoms with E-state index >= 15 is 0 Å². The molecule has 150 valence electrons. The van der Waals surface area contributed by atoms with Crippen LogP contribution in [0.4, 0.5) is 26.3 Å². The second-order valence-electron chi connectivity index (χ2n) is 5.37. The fourth-order valence-corrected chi connectivity index (χ4v) is 2.93. The lowest BCUT2D eigenvalue weighted by Gasteiger charge is -2.15. The van der Waals surface area contributed by atoms with Gasteiger partial charge in [-0.2, -0.15) is 31.4 Å². The maximum absolute atomic E-state index is 13.1. The van der Waals surface area contributed by atoms with E-state index in [0.29, 0.717) is 18.0 Å². The summed E-state index contributed by atoms with van der Waals surface area (Å²) in [5.74, 6) is 0.459. The van der Waals surface area contributed by atoms with Crippen LogP contribution in [0.5, 0.6) is 0 Å². The van der Waals surface area contributed by atoms with Gasteiger partial charge in [-0.3, -0.25) is 0 Å². The highest BCUT2D eigenvalue weighted by Crippen LogP contribution is 2.39. The highest BCUT2D eigenvalue weighted by Gasteiger charge is 2.39. The first kappa shape index (κ1) is 22.1. The molecule has 2 N–H and O–H groups in total. The van der Waals surface area contributed by atoms with Gasteiger partial charge in [-0.15, -0.1) is 5.10 Å². The fourth-order valence-electron chi connectivity index (χ4n) is 2.05. The first-order chi connectivity index (χ1) is 13.0. The van der Waals surface area contributed by atoms with Crippen molar-refractivity contribution in [2.24, 2.45) is 15.9 Å². The van der Waals surface area contributed by atoms with Crippen LogP contribution in [0.2, 0.25) is 5.02 Å². The standard InChI is InChI=1S/C17H12ClF6N3S/c18-14-7-11(16(19,20)21)6-13(17(22,23)24)12(14)8-26-27-15(25)28-9-10-4-2-1-3-5-10/h1-8H,9H2,(H2,25,27). The van der Waals surface area contributed by atoms with Crippen LogP contribution in [0.1, 0.15) is 22.3 Å². The second kappa shape index (κ2) is 8.87. The predicted octanol–water partition coefficient (Wildman–Crippen LogP) is 5.96. The van der Waals surface area contributed by atoms with Gasteiger partial charge in [0.2, 0.25) is 0 Å². The highest BCUT2D eigenvalue weighted by molar-refractivity contribution is 8.13. The smallest absolute Gasteiger partial charge is 0.377 e. The van der Waals surface area contributed by atoms with Crippen molar-refractivity contribution in [3.63, 3.8) is 0 Å². The molecule has 0 aliphatic rings. The number of nitrogens with two attached hydrogens (primary N) is 1. The number of alkyl halides is 6. The van der Waals surface area contributed by atoms with Crippen molar-refractivity contribution in [3.05, 3.63) is 69.7 Å². The van der Waals surface area contributed by atoms with Gasteiger partial charge >= 0.3 is 12.4 Å². The van der Waals surface area contributed by atoms with E-state index in [1.54, 1.807) is 0 Å². The number of rotatable bonds is 4. The van der Waals surface area contributed by atoms with E-state index in [1.165, 1.54) is 0 Å². The van der Waals surface area contributed by atoms with Crippen molar-refractivity contribution in [2.45, 2.75) is 18.1 Å². The quantitative estimate of drug-likeness (QED) is 0.276. The third-order valence-electron chi connectivity index (χ3n) is 3.33. The van der Waals surface area contributed by atoms with E-state index in [2.05, 4.69) is 10.2 Å². The van der Waals surface area contributed by atoms with Crippen molar-refractivity contribution in [1.29, 1.82) is 0 Å². The van der Waals surface area contributed by atoms with E-state index in [1.807, 2.05) is 30.3 Å². The average molecular weight is 440 g/mol. The Morgan fingerprint density at radius 1 is 1.04 bits per heavy atom. The van der Waals surface area contributed by atoms with E-state index in [-0.39, 0.29) is 11.2 Å². The topological polar surface area (TPSA) is 50.7 Å². The van der Waals surface area contributed by atoms with Gasteiger partial charge in [0.1, 0.15) is 0 Å². The monoisotopic (exact) mass is 439 g/mol. The predicted molar refractivity (Wildman–Crippen MR) is 98.4 cm³/mol. The summed E-state index contributed by atoms with van der Waals surface area (Å²) in [6, 6.07) is 9.56. The van der Waals surface area contributed by atoms with Crippen LogP contribution < -0.4 is 5.73 Å². The van der Waals surface area contributed by atoms with Crippen LogP contribution in [0.3, 0.4) is 0 Å². The zero-order valence-electron chi connectivity index (χ0n) is 13.9. The Morgan fingerprint density at radius 3 is 2.25 bits per heavy atom. The van der Waals surface area contributed by atoms with Gasteiger partial charge in [0.15, 0.2) is 5.17 Å². The molecule has 0 spiro atoms. The number of benzene rings is 2. The number of thioether (sulfide) groups is 1. The molecule has 0 amide bonds. The van der Waals surface area contributed by atoms with Crippen LogP contribution in [0.25, 0.3) is 0 Å². The first-order valence-electron chi connectivity index (χ1n) is 7.49. The lowest BCUT2D eigenvalue weighted by Crippen LogP contribution is -2.14. The SMILES string of the molecule is NC(=NN=Cc1c(Cl)cc(C(F)(F)F)cc1C(F)(F)F)SCc1ccccc1. The molecule has 2 aromatic rings.